The molecule has 0 saturated carbocycles. The van der Waals surface area contributed by atoms with Crippen LogP contribution in [0.15, 0.2) is 18.2 Å². The van der Waals surface area contributed by atoms with Gasteiger partial charge < -0.3 is 14.8 Å². The third-order valence-electron chi connectivity index (χ3n) is 2.95. The molecule has 1 aromatic carbocycles. The SMILES string of the molecule is CCC(COC)NC(=O)CCCOc1cccc(Cl)c1Cl. The summed E-state index contributed by atoms with van der Waals surface area (Å²) in [6, 6.07) is 5.28. The van der Waals surface area contributed by atoms with Gasteiger partial charge in [0.25, 0.3) is 0 Å². The van der Waals surface area contributed by atoms with Crippen molar-refractivity contribution in [2.24, 2.45) is 0 Å². The fourth-order valence-corrected chi connectivity index (χ4v) is 2.12. The predicted molar refractivity (Wildman–Crippen MR) is 85.3 cm³/mol. The fraction of sp³-hybridized carbons (Fsp3) is 0.533. The van der Waals surface area contributed by atoms with Crippen molar-refractivity contribution < 1.29 is 14.3 Å². The lowest BCUT2D eigenvalue weighted by atomic mass is 10.2. The molecule has 0 aliphatic heterocycles. The molecule has 0 aliphatic carbocycles. The second kappa shape index (κ2) is 9.87. The fourth-order valence-electron chi connectivity index (χ4n) is 1.77. The zero-order valence-corrected chi connectivity index (χ0v) is 13.8. The quantitative estimate of drug-likeness (QED) is 0.701. The van der Waals surface area contributed by atoms with E-state index in [1.54, 1.807) is 25.3 Å². The highest BCUT2D eigenvalue weighted by atomic mass is 35.5. The van der Waals surface area contributed by atoms with E-state index in [0.29, 0.717) is 41.9 Å². The van der Waals surface area contributed by atoms with Crippen molar-refractivity contribution in [3.63, 3.8) is 0 Å². The number of carbonyl (C=O) groups is 1. The van der Waals surface area contributed by atoms with Crippen LogP contribution < -0.4 is 10.1 Å². The molecule has 0 aromatic heterocycles. The van der Waals surface area contributed by atoms with Crippen LogP contribution in [-0.2, 0) is 9.53 Å². The summed E-state index contributed by atoms with van der Waals surface area (Å²) in [5.41, 5.74) is 0. The summed E-state index contributed by atoms with van der Waals surface area (Å²) in [6.45, 7) is 2.94. The van der Waals surface area contributed by atoms with Gasteiger partial charge in [0.05, 0.1) is 24.3 Å². The molecule has 0 fully saturated rings. The molecule has 0 aliphatic rings. The molecule has 118 valence electrons. The number of amides is 1. The van der Waals surface area contributed by atoms with Crippen molar-refractivity contribution in [1.82, 2.24) is 5.32 Å². The van der Waals surface area contributed by atoms with Crippen LogP contribution in [0.4, 0.5) is 0 Å². The third kappa shape index (κ3) is 6.55. The van der Waals surface area contributed by atoms with Gasteiger partial charge in [-0.1, -0.05) is 36.2 Å². The smallest absolute Gasteiger partial charge is 0.220 e. The Bertz CT molecular complexity index is 455. The molecule has 21 heavy (non-hydrogen) atoms. The van der Waals surface area contributed by atoms with Crippen molar-refractivity contribution >= 4 is 29.1 Å². The van der Waals surface area contributed by atoms with Gasteiger partial charge in [-0.25, -0.2) is 0 Å². The van der Waals surface area contributed by atoms with Crippen LogP contribution in [0.1, 0.15) is 26.2 Å². The Morgan fingerprint density at radius 2 is 2.14 bits per heavy atom. The lowest BCUT2D eigenvalue weighted by Crippen LogP contribution is -2.37. The largest absolute Gasteiger partial charge is 0.492 e. The summed E-state index contributed by atoms with van der Waals surface area (Å²) in [4.78, 5) is 11.8. The number of hydrogen-bond donors (Lipinski definition) is 1. The highest BCUT2D eigenvalue weighted by Gasteiger charge is 2.10. The number of carbonyl (C=O) groups excluding carboxylic acids is 1. The second-order valence-electron chi connectivity index (χ2n) is 4.63. The molecule has 0 bridgehead atoms. The van der Waals surface area contributed by atoms with Gasteiger partial charge in [-0.05, 0) is 25.0 Å². The van der Waals surface area contributed by atoms with Crippen molar-refractivity contribution in [3.05, 3.63) is 28.2 Å². The number of rotatable bonds is 9. The van der Waals surface area contributed by atoms with E-state index >= 15 is 0 Å². The summed E-state index contributed by atoms with van der Waals surface area (Å²) in [7, 11) is 1.62. The van der Waals surface area contributed by atoms with E-state index in [-0.39, 0.29) is 11.9 Å². The van der Waals surface area contributed by atoms with E-state index in [4.69, 9.17) is 32.7 Å². The van der Waals surface area contributed by atoms with Crippen LogP contribution in [0.3, 0.4) is 0 Å². The zero-order valence-electron chi connectivity index (χ0n) is 12.3. The normalized spacial score (nSPS) is 12.0. The standard InChI is InChI=1S/C15H21Cl2NO3/c1-3-11(10-20-2)18-14(19)8-5-9-21-13-7-4-6-12(16)15(13)17/h4,6-7,11H,3,5,8-10H2,1-2H3,(H,18,19). The molecule has 1 atom stereocenters. The van der Waals surface area contributed by atoms with Gasteiger partial charge in [0, 0.05) is 13.5 Å². The van der Waals surface area contributed by atoms with E-state index in [1.165, 1.54) is 0 Å². The summed E-state index contributed by atoms with van der Waals surface area (Å²) in [5, 5.41) is 3.77. The molecule has 6 heteroatoms. The minimum atomic E-state index is -0.000286. The number of methoxy groups -OCH3 is 1. The highest BCUT2D eigenvalue weighted by Crippen LogP contribution is 2.31. The van der Waals surface area contributed by atoms with Crippen LogP contribution in [0.25, 0.3) is 0 Å². The third-order valence-corrected chi connectivity index (χ3v) is 3.75. The van der Waals surface area contributed by atoms with Crippen LogP contribution in [0, 0.1) is 0 Å². The Morgan fingerprint density at radius 1 is 1.38 bits per heavy atom. The lowest BCUT2D eigenvalue weighted by Gasteiger charge is -2.16. The number of halogens is 2. The van der Waals surface area contributed by atoms with Crippen LogP contribution in [-0.4, -0.2) is 32.3 Å². The average Bonchev–Trinajstić information content (AvgIpc) is 2.47. The maximum atomic E-state index is 11.8. The zero-order chi connectivity index (χ0) is 15.7. The van der Waals surface area contributed by atoms with E-state index in [1.807, 2.05) is 6.92 Å². The van der Waals surface area contributed by atoms with E-state index < -0.39 is 0 Å². The Morgan fingerprint density at radius 3 is 2.81 bits per heavy atom. The Kier molecular flexibility index (Phi) is 8.50. The Balaban J connectivity index is 2.27. The Hall–Kier alpha value is -0.970. The average molecular weight is 334 g/mol. The molecular formula is C15H21Cl2NO3. The number of benzene rings is 1. The first-order valence-corrected chi connectivity index (χ1v) is 7.69. The second-order valence-corrected chi connectivity index (χ2v) is 5.42. The molecule has 1 N–H and O–H groups in total. The molecule has 0 saturated heterocycles. The first-order chi connectivity index (χ1) is 10.1. The molecule has 1 amide bonds. The van der Waals surface area contributed by atoms with Crippen LogP contribution >= 0.6 is 23.2 Å². The van der Waals surface area contributed by atoms with Gasteiger partial charge in [-0.2, -0.15) is 0 Å². The minimum Gasteiger partial charge on any atom is -0.492 e. The van der Waals surface area contributed by atoms with Crippen molar-refractivity contribution in [3.8, 4) is 5.75 Å². The molecule has 0 spiro atoms. The van der Waals surface area contributed by atoms with Crippen molar-refractivity contribution in [2.45, 2.75) is 32.2 Å². The summed E-state index contributed by atoms with van der Waals surface area (Å²) in [6.07, 6.45) is 1.85. The molecule has 1 rings (SSSR count). The van der Waals surface area contributed by atoms with Crippen LogP contribution in [0.2, 0.25) is 10.0 Å². The monoisotopic (exact) mass is 333 g/mol. The van der Waals surface area contributed by atoms with Crippen molar-refractivity contribution in [1.29, 1.82) is 0 Å². The van der Waals surface area contributed by atoms with Gasteiger partial charge in [0.1, 0.15) is 10.8 Å². The summed E-state index contributed by atoms with van der Waals surface area (Å²) >= 11 is 11.9. The summed E-state index contributed by atoms with van der Waals surface area (Å²) < 4.78 is 10.6. The summed E-state index contributed by atoms with van der Waals surface area (Å²) in [5.74, 6) is 0.537. The van der Waals surface area contributed by atoms with E-state index in [2.05, 4.69) is 5.32 Å². The number of hydrogen-bond acceptors (Lipinski definition) is 3. The lowest BCUT2D eigenvalue weighted by molar-refractivity contribution is -0.122. The van der Waals surface area contributed by atoms with Crippen LogP contribution in [0.5, 0.6) is 5.75 Å². The van der Waals surface area contributed by atoms with Gasteiger partial charge in [0.2, 0.25) is 5.91 Å². The Labute approximate surface area is 135 Å². The number of nitrogens with one attached hydrogen (secondary N) is 1. The molecule has 4 nitrogen and oxygen atoms in total. The molecule has 0 heterocycles. The predicted octanol–water partition coefficient (Wildman–Crippen LogP) is 3.69. The highest BCUT2D eigenvalue weighted by molar-refractivity contribution is 6.42. The first kappa shape index (κ1) is 18.1. The maximum absolute atomic E-state index is 11.8. The molecule has 1 unspecified atom stereocenters. The van der Waals surface area contributed by atoms with E-state index in [0.717, 1.165) is 6.42 Å². The first-order valence-electron chi connectivity index (χ1n) is 6.93. The molecule has 1 aromatic rings. The molecule has 0 radical (unpaired) electrons. The van der Waals surface area contributed by atoms with Gasteiger partial charge in [-0.3, -0.25) is 4.79 Å². The topological polar surface area (TPSA) is 47.6 Å². The van der Waals surface area contributed by atoms with Gasteiger partial charge in [0.15, 0.2) is 0 Å². The number of ether oxygens (including phenoxy) is 2. The maximum Gasteiger partial charge on any atom is 0.220 e. The van der Waals surface area contributed by atoms with E-state index in [9.17, 15) is 4.79 Å². The van der Waals surface area contributed by atoms with Crippen molar-refractivity contribution in [2.75, 3.05) is 20.3 Å². The van der Waals surface area contributed by atoms with Gasteiger partial charge >= 0.3 is 0 Å². The molecular weight excluding hydrogens is 313 g/mol. The minimum absolute atomic E-state index is 0.000286. The van der Waals surface area contributed by atoms with Gasteiger partial charge in [-0.15, -0.1) is 0 Å².